The first-order valence-electron chi connectivity index (χ1n) is 11.3. The van der Waals surface area contributed by atoms with E-state index in [4.69, 9.17) is 9.47 Å². The van der Waals surface area contributed by atoms with Gasteiger partial charge < -0.3 is 14.8 Å². The van der Waals surface area contributed by atoms with E-state index in [2.05, 4.69) is 5.32 Å². The molecule has 0 spiro atoms. The van der Waals surface area contributed by atoms with Gasteiger partial charge in [0.2, 0.25) is 5.91 Å². The van der Waals surface area contributed by atoms with Crippen molar-refractivity contribution in [3.63, 3.8) is 0 Å². The monoisotopic (exact) mass is 550 g/mol. The number of hydrogen-bond acceptors (Lipinski definition) is 6. The van der Waals surface area contributed by atoms with Gasteiger partial charge in [-0.2, -0.15) is 11.8 Å². The molecule has 0 unspecified atom stereocenters. The number of halogens is 2. The van der Waals surface area contributed by atoms with Crippen molar-refractivity contribution < 1.29 is 31.5 Å². The highest BCUT2D eigenvalue weighted by molar-refractivity contribution is 7.98. The highest BCUT2D eigenvalue weighted by Gasteiger charge is 2.30. The van der Waals surface area contributed by atoms with Gasteiger partial charge in [0.1, 0.15) is 18.2 Å². The van der Waals surface area contributed by atoms with Crippen LogP contribution >= 0.6 is 11.8 Å². The van der Waals surface area contributed by atoms with Crippen LogP contribution in [0.25, 0.3) is 0 Å². The predicted molar refractivity (Wildman–Crippen MR) is 141 cm³/mol. The van der Waals surface area contributed by atoms with Gasteiger partial charge >= 0.3 is 0 Å². The summed E-state index contributed by atoms with van der Waals surface area (Å²) in [4.78, 5) is 12.5. The molecule has 0 aliphatic rings. The van der Waals surface area contributed by atoms with Crippen molar-refractivity contribution in [3.8, 4) is 11.5 Å². The largest absolute Gasteiger partial charge is 0.493 e. The van der Waals surface area contributed by atoms with E-state index >= 15 is 0 Å². The molecule has 1 N–H and O–H groups in total. The van der Waals surface area contributed by atoms with Crippen LogP contribution in [0.5, 0.6) is 11.5 Å². The summed E-state index contributed by atoms with van der Waals surface area (Å²) in [5.74, 6) is 0.312. The number of thioether (sulfide) groups is 1. The van der Waals surface area contributed by atoms with Crippen LogP contribution < -0.4 is 19.1 Å². The first-order chi connectivity index (χ1) is 17.8. The van der Waals surface area contributed by atoms with Gasteiger partial charge in [-0.05, 0) is 54.1 Å². The van der Waals surface area contributed by atoms with Gasteiger partial charge in [-0.1, -0.05) is 24.3 Å². The number of anilines is 1. The molecule has 0 radical (unpaired) electrons. The Hall–Kier alpha value is -3.31. The molecule has 198 valence electrons. The second-order valence-corrected chi connectivity index (χ2v) is 10.8. The summed E-state index contributed by atoms with van der Waals surface area (Å²) in [7, 11) is -1.55. The number of carbonyl (C=O) groups is 1. The molecule has 11 heteroatoms. The standard InChI is InChI=1S/C26H28F2N2O5S2/c1-34-24-13-12-21(16-25(24)35-2)37(32,33)30(23-7-4-3-6-22(23)28)17-26(31)29-14-5-15-36-18-19-8-10-20(27)11-9-19/h3-4,6-13,16H,5,14-15,17-18H2,1-2H3,(H,29,31). The van der Waals surface area contributed by atoms with Crippen molar-refractivity contribution >= 4 is 33.4 Å². The van der Waals surface area contributed by atoms with Gasteiger partial charge in [0.25, 0.3) is 10.0 Å². The number of amides is 1. The summed E-state index contributed by atoms with van der Waals surface area (Å²) in [6, 6.07) is 15.6. The number of para-hydroxylation sites is 1. The molecule has 0 heterocycles. The molecular formula is C26H28F2N2O5S2. The molecule has 7 nitrogen and oxygen atoms in total. The molecule has 0 fully saturated rings. The molecule has 37 heavy (non-hydrogen) atoms. The first-order valence-corrected chi connectivity index (χ1v) is 13.9. The molecule has 0 aliphatic heterocycles. The van der Waals surface area contributed by atoms with E-state index in [9.17, 15) is 22.0 Å². The van der Waals surface area contributed by atoms with Crippen molar-refractivity contribution in [1.82, 2.24) is 5.32 Å². The van der Waals surface area contributed by atoms with Crippen molar-refractivity contribution in [2.45, 2.75) is 17.1 Å². The van der Waals surface area contributed by atoms with E-state index in [1.807, 2.05) is 0 Å². The Labute approximate surface area is 219 Å². The molecule has 0 saturated heterocycles. The molecule has 0 aromatic heterocycles. The van der Waals surface area contributed by atoms with Crippen LogP contribution in [0.4, 0.5) is 14.5 Å². The van der Waals surface area contributed by atoms with Crippen LogP contribution in [0.3, 0.4) is 0 Å². The lowest BCUT2D eigenvalue weighted by atomic mass is 10.2. The lowest BCUT2D eigenvalue weighted by Gasteiger charge is -2.25. The molecule has 0 aliphatic carbocycles. The lowest BCUT2D eigenvalue weighted by molar-refractivity contribution is -0.119. The normalized spacial score (nSPS) is 11.1. The topological polar surface area (TPSA) is 84.9 Å². The molecule has 3 aromatic carbocycles. The van der Waals surface area contributed by atoms with Gasteiger partial charge in [0.05, 0.1) is 24.8 Å². The number of sulfonamides is 1. The zero-order valence-electron chi connectivity index (χ0n) is 20.4. The third kappa shape index (κ3) is 7.59. The van der Waals surface area contributed by atoms with E-state index in [-0.39, 0.29) is 22.1 Å². The summed E-state index contributed by atoms with van der Waals surface area (Å²) in [6.07, 6.45) is 0.639. The van der Waals surface area contributed by atoms with Gasteiger partial charge in [-0.15, -0.1) is 0 Å². The van der Waals surface area contributed by atoms with Crippen LogP contribution in [-0.2, 0) is 20.6 Å². The second-order valence-electron chi connectivity index (χ2n) is 7.86. The fourth-order valence-corrected chi connectivity index (χ4v) is 5.78. The number of nitrogens with zero attached hydrogens (tertiary/aromatic N) is 1. The fraction of sp³-hybridized carbons (Fsp3) is 0.269. The van der Waals surface area contributed by atoms with Crippen LogP contribution in [0, 0.1) is 11.6 Å². The third-order valence-corrected chi connectivity index (χ3v) is 8.19. The van der Waals surface area contributed by atoms with Crippen molar-refractivity contribution in [1.29, 1.82) is 0 Å². The van der Waals surface area contributed by atoms with E-state index in [0.717, 1.165) is 21.7 Å². The summed E-state index contributed by atoms with van der Waals surface area (Å²) >= 11 is 1.63. The van der Waals surface area contributed by atoms with Gasteiger partial charge in [-0.3, -0.25) is 9.10 Å². The summed E-state index contributed by atoms with van der Waals surface area (Å²) in [6.45, 7) is -0.295. The van der Waals surface area contributed by atoms with E-state index < -0.39 is 28.3 Å². The predicted octanol–water partition coefficient (Wildman–Crippen LogP) is 4.62. The van der Waals surface area contributed by atoms with Gasteiger partial charge in [0, 0.05) is 18.4 Å². The van der Waals surface area contributed by atoms with Crippen molar-refractivity contribution in [3.05, 3.63) is 83.9 Å². The molecule has 3 aromatic rings. The number of carbonyl (C=O) groups excluding carboxylic acids is 1. The third-order valence-electron chi connectivity index (χ3n) is 5.32. The average molecular weight is 551 g/mol. The first kappa shape index (κ1) is 28.3. The Balaban J connectivity index is 1.66. The summed E-state index contributed by atoms with van der Waals surface area (Å²) < 4.78 is 65.8. The van der Waals surface area contributed by atoms with Gasteiger partial charge in [0.15, 0.2) is 11.5 Å². The number of hydrogen-bond donors (Lipinski definition) is 1. The Morgan fingerprint density at radius 1 is 0.973 bits per heavy atom. The Morgan fingerprint density at radius 2 is 1.68 bits per heavy atom. The summed E-state index contributed by atoms with van der Waals surface area (Å²) in [5.41, 5.74) is 0.749. The average Bonchev–Trinajstić information content (AvgIpc) is 2.90. The SMILES string of the molecule is COc1ccc(S(=O)(=O)N(CC(=O)NCCCSCc2ccc(F)cc2)c2ccccc2F)cc1OC. The minimum atomic E-state index is -4.34. The van der Waals surface area contributed by atoms with E-state index in [0.29, 0.717) is 24.5 Å². The van der Waals surface area contributed by atoms with Crippen molar-refractivity contribution in [2.75, 3.05) is 37.4 Å². The zero-order chi connectivity index (χ0) is 26.8. The molecule has 3 rings (SSSR count). The quantitative estimate of drug-likeness (QED) is 0.313. The highest BCUT2D eigenvalue weighted by Crippen LogP contribution is 2.32. The number of rotatable bonds is 13. The fourth-order valence-electron chi connectivity index (χ4n) is 3.42. The van der Waals surface area contributed by atoms with Gasteiger partial charge in [-0.25, -0.2) is 17.2 Å². The van der Waals surface area contributed by atoms with Crippen LogP contribution in [0.1, 0.15) is 12.0 Å². The molecule has 0 atom stereocenters. The minimum Gasteiger partial charge on any atom is -0.493 e. The Morgan fingerprint density at radius 3 is 2.35 bits per heavy atom. The highest BCUT2D eigenvalue weighted by atomic mass is 32.2. The maximum atomic E-state index is 14.6. The summed E-state index contributed by atoms with van der Waals surface area (Å²) in [5, 5.41) is 2.70. The molecule has 0 bridgehead atoms. The minimum absolute atomic E-state index is 0.180. The zero-order valence-corrected chi connectivity index (χ0v) is 22.1. The smallest absolute Gasteiger partial charge is 0.265 e. The number of methoxy groups -OCH3 is 2. The van der Waals surface area contributed by atoms with E-state index in [1.165, 1.54) is 62.8 Å². The maximum Gasteiger partial charge on any atom is 0.265 e. The Kier molecular flexibility index (Phi) is 10.2. The molecule has 1 amide bonds. The number of benzene rings is 3. The van der Waals surface area contributed by atoms with Crippen LogP contribution in [0.2, 0.25) is 0 Å². The number of ether oxygens (including phenoxy) is 2. The maximum absolute atomic E-state index is 14.6. The van der Waals surface area contributed by atoms with Crippen LogP contribution in [-0.4, -0.2) is 47.4 Å². The Bertz CT molecular complexity index is 1300. The van der Waals surface area contributed by atoms with Crippen molar-refractivity contribution in [2.24, 2.45) is 0 Å². The molecular weight excluding hydrogens is 522 g/mol. The molecule has 0 saturated carbocycles. The van der Waals surface area contributed by atoms with Crippen LogP contribution in [0.15, 0.2) is 71.6 Å². The lowest BCUT2D eigenvalue weighted by Crippen LogP contribution is -2.41. The number of nitrogens with one attached hydrogen (secondary N) is 1. The second kappa shape index (κ2) is 13.3. The van der Waals surface area contributed by atoms with E-state index in [1.54, 1.807) is 23.9 Å².